The Morgan fingerprint density at radius 3 is 2.47 bits per heavy atom. The molecule has 3 aromatic carbocycles. The van der Waals surface area contributed by atoms with Gasteiger partial charge in [0.05, 0.1) is 6.57 Å². The average molecular weight is 456 g/mol. The zero-order valence-electron chi connectivity index (χ0n) is 18.6. The molecular formula is C27H22F2N4O. The predicted molar refractivity (Wildman–Crippen MR) is 125 cm³/mol. The van der Waals surface area contributed by atoms with Gasteiger partial charge in [0.15, 0.2) is 17.3 Å². The summed E-state index contributed by atoms with van der Waals surface area (Å²) in [4.78, 5) is 14.9. The van der Waals surface area contributed by atoms with Gasteiger partial charge in [-0.05, 0) is 77.8 Å². The lowest BCUT2D eigenvalue weighted by Crippen LogP contribution is -2.47. The van der Waals surface area contributed by atoms with Gasteiger partial charge in [-0.1, -0.05) is 30.3 Å². The zero-order valence-corrected chi connectivity index (χ0v) is 18.6. The van der Waals surface area contributed by atoms with E-state index in [1.165, 1.54) is 17.2 Å². The second-order valence-electron chi connectivity index (χ2n) is 9.41. The van der Waals surface area contributed by atoms with Gasteiger partial charge in [-0.15, -0.1) is 0 Å². The summed E-state index contributed by atoms with van der Waals surface area (Å²) in [7, 11) is 1.73. The Morgan fingerprint density at radius 2 is 1.74 bits per heavy atom. The van der Waals surface area contributed by atoms with E-state index < -0.39 is 22.8 Å². The van der Waals surface area contributed by atoms with Gasteiger partial charge in [0, 0.05) is 18.0 Å². The fraction of sp³-hybridized carbons (Fsp3) is 0.259. The standard InChI is InChI=1S/C27H22F2N4O/c1-31-21-5-3-4-16(10-21)17-6-7-19-14-26(27(22(19)11-17)32-25(30)33(2)34-27)9-8-18-12-23(28)24(29)13-20(18)15-26/h3-7,10-13H,8-9,14-15H2,2H3,(H2,30,32). The molecule has 6 rings (SSSR count). The second-order valence-corrected chi connectivity index (χ2v) is 9.41. The van der Waals surface area contributed by atoms with Crippen LogP contribution in [0, 0.1) is 23.6 Å². The minimum Gasteiger partial charge on any atom is -0.368 e. The van der Waals surface area contributed by atoms with Crippen molar-refractivity contribution >= 4 is 11.6 Å². The molecule has 0 aromatic heterocycles. The molecule has 0 radical (unpaired) electrons. The van der Waals surface area contributed by atoms with E-state index in [0.717, 1.165) is 33.4 Å². The van der Waals surface area contributed by atoms with Gasteiger partial charge in [-0.2, -0.15) is 0 Å². The number of guanidine groups is 1. The van der Waals surface area contributed by atoms with E-state index in [-0.39, 0.29) is 5.96 Å². The molecule has 7 heteroatoms. The molecule has 2 spiro atoms. The van der Waals surface area contributed by atoms with Crippen molar-refractivity contribution in [1.29, 1.82) is 0 Å². The van der Waals surface area contributed by atoms with Crippen molar-refractivity contribution in [3.8, 4) is 11.1 Å². The molecule has 3 aromatic rings. The molecule has 0 saturated heterocycles. The van der Waals surface area contributed by atoms with E-state index >= 15 is 0 Å². The van der Waals surface area contributed by atoms with Crippen molar-refractivity contribution < 1.29 is 13.6 Å². The quantitative estimate of drug-likeness (QED) is 0.509. The third-order valence-electron chi connectivity index (χ3n) is 7.54. The smallest absolute Gasteiger partial charge is 0.221 e. The van der Waals surface area contributed by atoms with Crippen LogP contribution in [0.4, 0.5) is 14.5 Å². The molecule has 1 aliphatic heterocycles. The van der Waals surface area contributed by atoms with E-state index in [0.29, 0.717) is 31.4 Å². The van der Waals surface area contributed by atoms with Crippen LogP contribution in [-0.4, -0.2) is 18.1 Å². The maximum atomic E-state index is 14.2. The Bertz CT molecular complexity index is 1430. The highest BCUT2D eigenvalue weighted by molar-refractivity contribution is 5.79. The lowest BCUT2D eigenvalue weighted by atomic mass is 9.65. The number of aliphatic imine (C=N–C) groups is 1. The van der Waals surface area contributed by atoms with Crippen molar-refractivity contribution in [3.63, 3.8) is 0 Å². The molecule has 170 valence electrons. The van der Waals surface area contributed by atoms with Gasteiger partial charge in [-0.25, -0.2) is 28.5 Å². The van der Waals surface area contributed by atoms with Crippen LogP contribution in [0.3, 0.4) is 0 Å². The van der Waals surface area contributed by atoms with Crippen LogP contribution >= 0.6 is 0 Å². The van der Waals surface area contributed by atoms with Crippen molar-refractivity contribution in [3.05, 3.63) is 99.9 Å². The van der Waals surface area contributed by atoms with Gasteiger partial charge in [0.1, 0.15) is 0 Å². The molecule has 2 atom stereocenters. The first-order valence-electron chi connectivity index (χ1n) is 11.2. The van der Waals surface area contributed by atoms with E-state index in [9.17, 15) is 8.78 Å². The summed E-state index contributed by atoms with van der Waals surface area (Å²) in [6.45, 7) is 7.34. The van der Waals surface area contributed by atoms with Gasteiger partial charge in [-0.3, -0.25) is 0 Å². The number of hydroxylamine groups is 2. The fourth-order valence-corrected chi connectivity index (χ4v) is 5.87. The molecule has 5 nitrogen and oxygen atoms in total. The zero-order chi connectivity index (χ0) is 23.7. The van der Waals surface area contributed by atoms with Crippen LogP contribution in [0.25, 0.3) is 16.0 Å². The Balaban J connectivity index is 1.51. The third-order valence-corrected chi connectivity index (χ3v) is 7.54. The van der Waals surface area contributed by atoms with Gasteiger partial charge in [0.25, 0.3) is 0 Å². The normalized spacial score (nSPS) is 24.8. The van der Waals surface area contributed by atoms with Crippen LogP contribution in [0.5, 0.6) is 0 Å². The number of nitrogens with zero attached hydrogens (tertiary/aromatic N) is 3. The van der Waals surface area contributed by atoms with Crippen molar-refractivity contribution in [2.75, 3.05) is 7.05 Å². The van der Waals surface area contributed by atoms with Crippen LogP contribution < -0.4 is 5.73 Å². The molecular weight excluding hydrogens is 434 g/mol. The number of benzene rings is 3. The lowest BCUT2D eigenvalue weighted by molar-refractivity contribution is -0.224. The summed E-state index contributed by atoms with van der Waals surface area (Å²) >= 11 is 0. The Labute approximate surface area is 196 Å². The van der Waals surface area contributed by atoms with Crippen molar-refractivity contribution in [2.24, 2.45) is 16.1 Å². The van der Waals surface area contributed by atoms with Crippen molar-refractivity contribution in [2.45, 2.75) is 31.4 Å². The third kappa shape index (κ3) is 2.82. The van der Waals surface area contributed by atoms with Crippen LogP contribution in [-0.2, 0) is 29.8 Å². The molecule has 0 saturated carbocycles. The second kappa shape index (κ2) is 7.12. The van der Waals surface area contributed by atoms with E-state index in [4.69, 9.17) is 22.1 Å². The number of fused-ring (bicyclic) bond motifs is 4. The topological polar surface area (TPSA) is 55.2 Å². The molecule has 2 unspecified atom stereocenters. The molecule has 2 aliphatic carbocycles. The maximum Gasteiger partial charge on any atom is 0.221 e. The molecule has 0 amide bonds. The minimum absolute atomic E-state index is 0.281. The first-order chi connectivity index (χ1) is 16.3. The highest BCUT2D eigenvalue weighted by Gasteiger charge is 2.63. The summed E-state index contributed by atoms with van der Waals surface area (Å²) in [5, 5.41) is 1.49. The minimum atomic E-state index is -1.06. The maximum absolute atomic E-state index is 14.2. The Hall–Kier alpha value is -3.76. The highest BCUT2D eigenvalue weighted by atomic mass is 19.2. The Kier molecular flexibility index (Phi) is 4.36. The first-order valence-corrected chi connectivity index (χ1v) is 11.2. The van der Waals surface area contributed by atoms with E-state index in [2.05, 4.69) is 17.0 Å². The fourth-order valence-electron chi connectivity index (χ4n) is 5.87. The number of hydrogen-bond donors (Lipinski definition) is 1. The summed E-state index contributed by atoms with van der Waals surface area (Å²) in [6, 6.07) is 16.3. The lowest BCUT2D eigenvalue weighted by Gasteiger charge is -2.44. The monoisotopic (exact) mass is 456 g/mol. The first kappa shape index (κ1) is 20.8. The van der Waals surface area contributed by atoms with Crippen molar-refractivity contribution in [1.82, 2.24) is 5.06 Å². The average Bonchev–Trinajstić information content (AvgIpc) is 3.27. The summed E-state index contributed by atoms with van der Waals surface area (Å²) in [6.07, 6.45) is 2.49. The van der Waals surface area contributed by atoms with Gasteiger partial charge in [0.2, 0.25) is 11.7 Å². The van der Waals surface area contributed by atoms with E-state index in [1.807, 2.05) is 24.3 Å². The Morgan fingerprint density at radius 1 is 1.00 bits per heavy atom. The molecule has 1 heterocycles. The summed E-state index contributed by atoms with van der Waals surface area (Å²) in [5.74, 6) is -1.37. The SMILES string of the molecule is [C-]#[N+]c1cccc(-c2ccc3c(c2)C2(N=C(N)N(C)O2)C2(CCc4cc(F)c(F)cc4C2)C3)c1. The number of aryl methyl sites for hydroxylation is 1. The van der Waals surface area contributed by atoms with Crippen LogP contribution in [0.1, 0.15) is 28.7 Å². The summed E-state index contributed by atoms with van der Waals surface area (Å²) in [5.41, 5.74) is 10.8. The van der Waals surface area contributed by atoms with Crippen LogP contribution in [0.15, 0.2) is 59.6 Å². The van der Waals surface area contributed by atoms with Gasteiger partial charge >= 0.3 is 0 Å². The number of rotatable bonds is 1. The molecule has 0 fully saturated rings. The molecule has 34 heavy (non-hydrogen) atoms. The predicted octanol–water partition coefficient (Wildman–Crippen LogP) is 5.26. The number of nitrogens with two attached hydrogens (primary N) is 1. The number of halogens is 2. The van der Waals surface area contributed by atoms with Gasteiger partial charge < -0.3 is 5.73 Å². The van der Waals surface area contributed by atoms with E-state index in [1.54, 1.807) is 13.1 Å². The molecule has 3 aliphatic rings. The molecule has 2 N–H and O–H groups in total. The highest BCUT2D eigenvalue weighted by Crippen LogP contribution is 2.61. The summed E-state index contributed by atoms with van der Waals surface area (Å²) < 4.78 is 28.0. The largest absolute Gasteiger partial charge is 0.368 e. The number of hydrogen-bond acceptors (Lipinski definition) is 4. The molecule has 0 bridgehead atoms. The van der Waals surface area contributed by atoms with Crippen LogP contribution in [0.2, 0.25) is 0 Å².